The lowest BCUT2D eigenvalue weighted by molar-refractivity contribution is 0.626. The molecule has 2 aromatic carbocycles. The molecule has 0 aliphatic heterocycles. The van der Waals surface area contributed by atoms with E-state index in [0.29, 0.717) is 0 Å². The van der Waals surface area contributed by atoms with Gasteiger partial charge in [0.15, 0.2) is 0 Å². The quantitative estimate of drug-likeness (QED) is 0.791. The van der Waals surface area contributed by atoms with Crippen molar-refractivity contribution in [2.75, 3.05) is 11.1 Å². The summed E-state index contributed by atoms with van der Waals surface area (Å²) in [5.74, 6) is -0.214. The van der Waals surface area contributed by atoms with Gasteiger partial charge in [0.25, 0.3) is 0 Å². The summed E-state index contributed by atoms with van der Waals surface area (Å²) >= 11 is 0. The van der Waals surface area contributed by atoms with Gasteiger partial charge >= 0.3 is 0 Å². The second-order valence-corrected chi connectivity index (χ2v) is 4.04. The lowest BCUT2D eigenvalue weighted by atomic mass is 10.1. The average molecular weight is 230 g/mol. The molecule has 0 aromatic heterocycles. The van der Waals surface area contributed by atoms with Gasteiger partial charge in [-0.1, -0.05) is 12.1 Å². The Morgan fingerprint density at radius 1 is 1.00 bits per heavy atom. The SMILES string of the molecule is CC(Nc1ccc(N)cc1)c1ccc(F)cc1. The molecule has 17 heavy (non-hydrogen) atoms. The van der Waals surface area contributed by atoms with Crippen LogP contribution in [-0.4, -0.2) is 0 Å². The minimum atomic E-state index is -0.214. The Kier molecular flexibility index (Phi) is 3.28. The maximum atomic E-state index is 12.8. The summed E-state index contributed by atoms with van der Waals surface area (Å²) < 4.78 is 12.8. The third-order valence-corrected chi connectivity index (χ3v) is 2.66. The third-order valence-electron chi connectivity index (χ3n) is 2.66. The van der Waals surface area contributed by atoms with Gasteiger partial charge in [-0.3, -0.25) is 0 Å². The molecule has 3 heteroatoms. The van der Waals surface area contributed by atoms with Crippen molar-refractivity contribution < 1.29 is 4.39 Å². The van der Waals surface area contributed by atoms with Gasteiger partial charge in [-0.05, 0) is 48.9 Å². The van der Waals surface area contributed by atoms with E-state index in [-0.39, 0.29) is 11.9 Å². The highest BCUT2D eigenvalue weighted by atomic mass is 19.1. The second-order valence-electron chi connectivity index (χ2n) is 4.04. The number of nitrogens with two attached hydrogens (primary N) is 1. The summed E-state index contributed by atoms with van der Waals surface area (Å²) in [6.45, 7) is 2.03. The summed E-state index contributed by atoms with van der Waals surface area (Å²) in [7, 11) is 0. The smallest absolute Gasteiger partial charge is 0.123 e. The van der Waals surface area contributed by atoms with Crippen LogP contribution in [0.4, 0.5) is 15.8 Å². The van der Waals surface area contributed by atoms with Crippen molar-refractivity contribution in [1.29, 1.82) is 0 Å². The molecule has 1 unspecified atom stereocenters. The van der Waals surface area contributed by atoms with Crippen LogP contribution >= 0.6 is 0 Å². The predicted molar refractivity (Wildman–Crippen MR) is 69.3 cm³/mol. The summed E-state index contributed by atoms with van der Waals surface area (Å²) in [4.78, 5) is 0. The molecule has 0 saturated carbocycles. The molecule has 0 heterocycles. The van der Waals surface area contributed by atoms with Gasteiger partial charge in [0.05, 0.1) is 0 Å². The van der Waals surface area contributed by atoms with Gasteiger partial charge in [-0.2, -0.15) is 0 Å². The van der Waals surface area contributed by atoms with E-state index in [2.05, 4.69) is 5.32 Å². The molecule has 2 nitrogen and oxygen atoms in total. The van der Waals surface area contributed by atoms with E-state index >= 15 is 0 Å². The molecule has 0 radical (unpaired) electrons. The van der Waals surface area contributed by atoms with Crippen molar-refractivity contribution in [3.8, 4) is 0 Å². The minimum absolute atomic E-state index is 0.124. The maximum absolute atomic E-state index is 12.8. The topological polar surface area (TPSA) is 38.0 Å². The highest BCUT2D eigenvalue weighted by Crippen LogP contribution is 2.20. The van der Waals surface area contributed by atoms with Crippen molar-refractivity contribution in [3.05, 3.63) is 59.9 Å². The van der Waals surface area contributed by atoms with Crippen LogP contribution in [0, 0.1) is 5.82 Å². The Labute approximate surface area is 100 Å². The van der Waals surface area contributed by atoms with Crippen molar-refractivity contribution in [1.82, 2.24) is 0 Å². The molecule has 2 aromatic rings. The predicted octanol–water partition coefficient (Wildman–Crippen LogP) is 3.58. The number of rotatable bonds is 3. The van der Waals surface area contributed by atoms with E-state index in [0.717, 1.165) is 16.9 Å². The molecule has 2 rings (SSSR count). The highest BCUT2D eigenvalue weighted by molar-refractivity contribution is 5.52. The summed E-state index contributed by atoms with van der Waals surface area (Å²) in [6.07, 6.45) is 0. The zero-order chi connectivity index (χ0) is 12.3. The molecule has 0 saturated heterocycles. The summed E-state index contributed by atoms with van der Waals surface area (Å²) in [6, 6.07) is 14.2. The number of hydrogen-bond acceptors (Lipinski definition) is 2. The zero-order valence-corrected chi connectivity index (χ0v) is 9.65. The molecule has 0 spiro atoms. The Morgan fingerprint density at radius 2 is 1.59 bits per heavy atom. The van der Waals surface area contributed by atoms with E-state index in [1.807, 2.05) is 31.2 Å². The molecule has 0 aliphatic rings. The maximum Gasteiger partial charge on any atom is 0.123 e. The fraction of sp³-hybridized carbons (Fsp3) is 0.143. The summed E-state index contributed by atoms with van der Waals surface area (Å²) in [5.41, 5.74) is 8.40. The Morgan fingerprint density at radius 3 is 2.18 bits per heavy atom. The van der Waals surface area contributed by atoms with Gasteiger partial charge in [0.1, 0.15) is 5.82 Å². The number of halogens is 1. The molecule has 0 fully saturated rings. The molecular formula is C14H15FN2. The first-order valence-corrected chi connectivity index (χ1v) is 5.53. The van der Waals surface area contributed by atoms with Gasteiger partial charge in [0.2, 0.25) is 0 Å². The fourth-order valence-electron chi connectivity index (χ4n) is 1.66. The van der Waals surface area contributed by atoms with Gasteiger partial charge in [-0.25, -0.2) is 4.39 Å². The van der Waals surface area contributed by atoms with Crippen LogP contribution in [0.3, 0.4) is 0 Å². The van der Waals surface area contributed by atoms with Crippen LogP contribution in [0.1, 0.15) is 18.5 Å². The van der Waals surface area contributed by atoms with Gasteiger partial charge < -0.3 is 11.1 Å². The Hall–Kier alpha value is -2.03. The largest absolute Gasteiger partial charge is 0.399 e. The van der Waals surface area contributed by atoms with E-state index in [1.54, 1.807) is 12.1 Å². The number of anilines is 2. The number of nitrogen functional groups attached to an aromatic ring is 1. The van der Waals surface area contributed by atoms with Crippen LogP contribution in [-0.2, 0) is 0 Å². The molecule has 1 atom stereocenters. The Balaban J connectivity index is 2.08. The molecule has 0 bridgehead atoms. The van der Waals surface area contributed by atoms with Crippen molar-refractivity contribution >= 4 is 11.4 Å². The molecule has 0 aliphatic carbocycles. The standard InChI is InChI=1S/C14H15FN2/c1-10(11-2-4-12(15)5-3-11)17-14-8-6-13(16)7-9-14/h2-10,17H,16H2,1H3. The van der Waals surface area contributed by atoms with E-state index < -0.39 is 0 Å². The van der Waals surface area contributed by atoms with Crippen molar-refractivity contribution in [2.45, 2.75) is 13.0 Å². The normalized spacial score (nSPS) is 12.1. The highest BCUT2D eigenvalue weighted by Gasteiger charge is 2.04. The fourth-order valence-corrected chi connectivity index (χ4v) is 1.66. The number of benzene rings is 2. The van der Waals surface area contributed by atoms with Gasteiger partial charge in [0, 0.05) is 17.4 Å². The van der Waals surface area contributed by atoms with Crippen LogP contribution < -0.4 is 11.1 Å². The number of nitrogens with one attached hydrogen (secondary N) is 1. The molecular weight excluding hydrogens is 215 g/mol. The Bertz CT molecular complexity index is 477. The van der Waals surface area contributed by atoms with Crippen LogP contribution in [0.5, 0.6) is 0 Å². The molecule has 88 valence electrons. The minimum Gasteiger partial charge on any atom is -0.399 e. The van der Waals surface area contributed by atoms with Crippen LogP contribution in [0.15, 0.2) is 48.5 Å². The first kappa shape index (κ1) is 11.5. The monoisotopic (exact) mass is 230 g/mol. The molecule has 3 N–H and O–H groups in total. The second kappa shape index (κ2) is 4.87. The molecule has 0 amide bonds. The number of hydrogen-bond donors (Lipinski definition) is 2. The van der Waals surface area contributed by atoms with E-state index in [9.17, 15) is 4.39 Å². The van der Waals surface area contributed by atoms with Gasteiger partial charge in [-0.15, -0.1) is 0 Å². The van der Waals surface area contributed by atoms with Crippen molar-refractivity contribution in [3.63, 3.8) is 0 Å². The average Bonchev–Trinajstić information content (AvgIpc) is 2.33. The zero-order valence-electron chi connectivity index (χ0n) is 9.65. The van der Waals surface area contributed by atoms with Crippen molar-refractivity contribution in [2.24, 2.45) is 0 Å². The third kappa shape index (κ3) is 2.97. The van der Waals surface area contributed by atoms with E-state index in [4.69, 9.17) is 5.73 Å². The summed E-state index contributed by atoms with van der Waals surface area (Å²) in [5, 5.41) is 3.33. The first-order valence-electron chi connectivity index (χ1n) is 5.53. The van der Waals surface area contributed by atoms with Crippen LogP contribution in [0.2, 0.25) is 0 Å². The van der Waals surface area contributed by atoms with Crippen LogP contribution in [0.25, 0.3) is 0 Å². The van der Waals surface area contributed by atoms with E-state index in [1.165, 1.54) is 12.1 Å². The first-order chi connectivity index (χ1) is 8.15. The lowest BCUT2D eigenvalue weighted by Gasteiger charge is -2.15. The lowest BCUT2D eigenvalue weighted by Crippen LogP contribution is -2.06.